The molecule has 1 heterocycles. The Labute approximate surface area is 161 Å². The van der Waals surface area contributed by atoms with E-state index in [0.29, 0.717) is 22.3 Å². The first-order chi connectivity index (χ1) is 12.4. The van der Waals surface area contributed by atoms with Gasteiger partial charge in [-0.05, 0) is 31.0 Å². The summed E-state index contributed by atoms with van der Waals surface area (Å²) in [5.41, 5.74) is 0.462. The van der Waals surface area contributed by atoms with E-state index in [1.807, 2.05) is 0 Å². The average Bonchev–Trinajstić information content (AvgIpc) is 3.25. The highest BCUT2D eigenvalue weighted by Crippen LogP contribution is 2.30. The minimum absolute atomic E-state index is 0.000826. The molecule has 1 saturated carbocycles. The first-order valence-electron chi connectivity index (χ1n) is 8.65. The molecule has 2 amide bonds. The first-order valence-corrected chi connectivity index (χ1v) is 9.40. The second-order valence-corrected chi connectivity index (χ2v) is 7.48. The number of nitrogens with zero attached hydrogens (tertiary/aromatic N) is 1. The number of hydrogen-bond acceptors (Lipinski definition) is 4. The van der Waals surface area contributed by atoms with E-state index in [-0.39, 0.29) is 18.4 Å². The quantitative estimate of drug-likeness (QED) is 0.772. The van der Waals surface area contributed by atoms with Crippen molar-refractivity contribution in [2.24, 2.45) is 5.92 Å². The molecule has 0 aromatic heterocycles. The van der Waals surface area contributed by atoms with Gasteiger partial charge < -0.3 is 15.0 Å². The number of anilines is 1. The fourth-order valence-electron chi connectivity index (χ4n) is 3.48. The molecule has 3 rings (SSSR count). The lowest BCUT2D eigenvalue weighted by molar-refractivity contribution is -0.151. The SMILES string of the molecule is O=C(COC(=O)[C@@H]1CC(=O)N(C2CCCC2)C1)Nc1ccc(Cl)c(Cl)c1. The zero-order valence-electron chi connectivity index (χ0n) is 14.2. The summed E-state index contributed by atoms with van der Waals surface area (Å²) in [5, 5.41) is 3.28. The fourth-order valence-corrected chi connectivity index (χ4v) is 3.78. The molecular weight excluding hydrogens is 379 g/mol. The predicted molar refractivity (Wildman–Crippen MR) is 98.1 cm³/mol. The summed E-state index contributed by atoms with van der Waals surface area (Å²) < 4.78 is 5.08. The standard InChI is InChI=1S/C18H20Cl2N2O4/c19-14-6-5-12(8-15(14)20)21-16(23)10-26-18(25)11-7-17(24)22(9-11)13-3-1-2-4-13/h5-6,8,11,13H,1-4,7,9-10H2,(H,21,23)/t11-/m1/s1. The van der Waals surface area contributed by atoms with Crippen LogP contribution in [0.1, 0.15) is 32.1 Å². The number of esters is 1. The Kier molecular flexibility index (Phi) is 6.04. The molecule has 2 aliphatic rings. The molecule has 26 heavy (non-hydrogen) atoms. The van der Waals surface area contributed by atoms with Crippen molar-refractivity contribution in [1.82, 2.24) is 4.90 Å². The molecule has 1 aliphatic heterocycles. The van der Waals surface area contributed by atoms with Gasteiger partial charge in [0.05, 0.1) is 16.0 Å². The maximum Gasteiger partial charge on any atom is 0.311 e. The normalized spacial score (nSPS) is 20.5. The number of amides is 2. The second kappa shape index (κ2) is 8.27. The number of halogens is 2. The number of nitrogens with one attached hydrogen (secondary N) is 1. The Morgan fingerprint density at radius 1 is 1.19 bits per heavy atom. The summed E-state index contributed by atoms with van der Waals surface area (Å²) in [6.07, 6.45) is 4.40. The van der Waals surface area contributed by atoms with E-state index < -0.39 is 24.4 Å². The molecule has 6 nitrogen and oxygen atoms in total. The van der Waals surface area contributed by atoms with Crippen LogP contribution in [0.25, 0.3) is 0 Å². The molecule has 1 aromatic carbocycles. The van der Waals surface area contributed by atoms with Gasteiger partial charge in [0.25, 0.3) is 5.91 Å². The molecule has 0 radical (unpaired) electrons. The van der Waals surface area contributed by atoms with Gasteiger partial charge in [-0.2, -0.15) is 0 Å². The molecule has 0 unspecified atom stereocenters. The van der Waals surface area contributed by atoms with Gasteiger partial charge in [0.1, 0.15) is 0 Å². The van der Waals surface area contributed by atoms with Gasteiger partial charge in [0.2, 0.25) is 5.91 Å². The molecule has 140 valence electrons. The highest BCUT2D eigenvalue weighted by molar-refractivity contribution is 6.42. The molecule has 1 atom stereocenters. The summed E-state index contributed by atoms with van der Waals surface area (Å²) in [5.74, 6) is -1.49. The van der Waals surface area contributed by atoms with Crippen molar-refractivity contribution >= 4 is 46.7 Å². The Morgan fingerprint density at radius 2 is 1.92 bits per heavy atom. The first kappa shape index (κ1) is 19.0. The Bertz CT molecular complexity index is 719. The number of rotatable bonds is 5. The van der Waals surface area contributed by atoms with Crippen molar-refractivity contribution in [3.8, 4) is 0 Å². The molecule has 1 aromatic rings. The topological polar surface area (TPSA) is 75.7 Å². The number of hydrogen-bond donors (Lipinski definition) is 1. The molecule has 1 N–H and O–H groups in total. The minimum Gasteiger partial charge on any atom is -0.455 e. The number of benzene rings is 1. The number of carbonyl (C=O) groups is 3. The summed E-state index contributed by atoms with van der Waals surface area (Å²) in [4.78, 5) is 38.0. The van der Waals surface area contributed by atoms with Gasteiger partial charge in [-0.25, -0.2) is 0 Å². The third kappa shape index (κ3) is 4.48. The summed E-state index contributed by atoms with van der Waals surface area (Å²) in [7, 11) is 0. The number of carbonyl (C=O) groups excluding carboxylic acids is 3. The van der Waals surface area contributed by atoms with Gasteiger partial charge >= 0.3 is 5.97 Å². The molecule has 0 spiro atoms. The number of likely N-dealkylation sites (tertiary alicyclic amines) is 1. The fraction of sp³-hybridized carbons (Fsp3) is 0.500. The molecule has 1 saturated heterocycles. The third-order valence-corrected chi connectivity index (χ3v) is 5.55. The van der Waals surface area contributed by atoms with Gasteiger partial charge in [0.15, 0.2) is 6.61 Å². The second-order valence-electron chi connectivity index (χ2n) is 6.67. The zero-order chi connectivity index (χ0) is 18.7. The molecular formula is C18H20Cl2N2O4. The summed E-state index contributed by atoms with van der Waals surface area (Å²) >= 11 is 11.7. The molecule has 8 heteroatoms. The van der Waals surface area contributed by atoms with Crippen molar-refractivity contribution in [3.63, 3.8) is 0 Å². The monoisotopic (exact) mass is 398 g/mol. The zero-order valence-corrected chi connectivity index (χ0v) is 15.7. The third-order valence-electron chi connectivity index (χ3n) is 4.81. The van der Waals surface area contributed by atoms with E-state index in [0.717, 1.165) is 25.7 Å². The van der Waals surface area contributed by atoms with Gasteiger partial charge in [0, 0.05) is 24.7 Å². The highest BCUT2D eigenvalue weighted by atomic mass is 35.5. The molecule has 0 bridgehead atoms. The van der Waals surface area contributed by atoms with Crippen LogP contribution in [-0.2, 0) is 19.1 Å². The van der Waals surface area contributed by atoms with Gasteiger partial charge in [-0.15, -0.1) is 0 Å². The lowest BCUT2D eigenvalue weighted by Crippen LogP contribution is -2.35. The van der Waals surface area contributed by atoms with E-state index in [1.54, 1.807) is 17.0 Å². The minimum atomic E-state index is -0.511. The average molecular weight is 399 g/mol. The highest BCUT2D eigenvalue weighted by Gasteiger charge is 2.39. The van der Waals surface area contributed by atoms with Gasteiger partial charge in [-0.3, -0.25) is 14.4 Å². The van der Waals surface area contributed by atoms with Crippen molar-refractivity contribution < 1.29 is 19.1 Å². The largest absolute Gasteiger partial charge is 0.455 e. The van der Waals surface area contributed by atoms with Crippen LogP contribution in [0.3, 0.4) is 0 Å². The van der Waals surface area contributed by atoms with Gasteiger partial charge in [-0.1, -0.05) is 36.0 Å². The van der Waals surface area contributed by atoms with Crippen molar-refractivity contribution in [1.29, 1.82) is 0 Å². The van der Waals surface area contributed by atoms with Crippen molar-refractivity contribution in [2.45, 2.75) is 38.1 Å². The van der Waals surface area contributed by atoms with E-state index >= 15 is 0 Å². The van der Waals surface area contributed by atoms with Crippen LogP contribution in [0.2, 0.25) is 10.0 Å². The molecule has 2 fully saturated rings. The Morgan fingerprint density at radius 3 is 2.62 bits per heavy atom. The lowest BCUT2D eigenvalue weighted by atomic mass is 10.1. The number of ether oxygens (including phenoxy) is 1. The van der Waals surface area contributed by atoms with E-state index in [9.17, 15) is 14.4 Å². The van der Waals surface area contributed by atoms with Crippen LogP contribution in [-0.4, -0.2) is 41.9 Å². The van der Waals surface area contributed by atoms with E-state index in [4.69, 9.17) is 27.9 Å². The predicted octanol–water partition coefficient (Wildman–Crippen LogP) is 3.27. The van der Waals surface area contributed by atoms with Crippen LogP contribution < -0.4 is 5.32 Å². The maximum absolute atomic E-state index is 12.2. The lowest BCUT2D eigenvalue weighted by Gasteiger charge is -2.23. The van der Waals surface area contributed by atoms with Crippen LogP contribution in [0.15, 0.2) is 18.2 Å². The van der Waals surface area contributed by atoms with Crippen LogP contribution in [0, 0.1) is 5.92 Å². The van der Waals surface area contributed by atoms with Crippen LogP contribution >= 0.6 is 23.2 Å². The molecule has 1 aliphatic carbocycles. The van der Waals surface area contributed by atoms with E-state index in [1.165, 1.54) is 6.07 Å². The van der Waals surface area contributed by atoms with Crippen LogP contribution in [0.4, 0.5) is 5.69 Å². The Balaban J connectivity index is 1.46. The summed E-state index contributed by atoms with van der Waals surface area (Å²) in [6.45, 7) is -0.0239. The van der Waals surface area contributed by atoms with Crippen molar-refractivity contribution in [2.75, 3.05) is 18.5 Å². The smallest absolute Gasteiger partial charge is 0.311 e. The van der Waals surface area contributed by atoms with Crippen LogP contribution in [0.5, 0.6) is 0 Å². The Hall–Kier alpha value is -1.79. The maximum atomic E-state index is 12.2. The van der Waals surface area contributed by atoms with Crippen molar-refractivity contribution in [3.05, 3.63) is 28.2 Å². The van der Waals surface area contributed by atoms with E-state index in [2.05, 4.69) is 5.32 Å². The summed E-state index contributed by atoms with van der Waals surface area (Å²) in [6, 6.07) is 4.92.